The Kier molecular flexibility index (Phi) is 3.22. The van der Waals surface area contributed by atoms with Crippen molar-refractivity contribution in [3.63, 3.8) is 0 Å². The fraction of sp³-hybridized carbons (Fsp3) is 0.692. The summed E-state index contributed by atoms with van der Waals surface area (Å²) in [5.41, 5.74) is 0.487. The van der Waals surface area contributed by atoms with Gasteiger partial charge >= 0.3 is 0 Å². The van der Waals surface area contributed by atoms with Crippen molar-refractivity contribution in [2.45, 2.75) is 33.6 Å². The van der Waals surface area contributed by atoms with Gasteiger partial charge in [0, 0.05) is 19.0 Å². The summed E-state index contributed by atoms with van der Waals surface area (Å²) >= 11 is 0. The molecule has 0 N–H and O–H groups in total. The molecule has 0 unspecified atom stereocenters. The van der Waals surface area contributed by atoms with Crippen molar-refractivity contribution in [1.29, 1.82) is 0 Å². The lowest BCUT2D eigenvalue weighted by Gasteiger charge is -2.15. The number of rotatable bonds is 2. The molecule has 4 heteroatoms. The molecule has 0 saturated carbocycles. The predicted molar refractivity (Wildman–Crippen MR) is 64.8 cm³/mol. The summed E-state index contributed by atoms with van der Waals surface area (Å²) in [7, 11) is 0. The van der Waals surface area contributed by atoms with E-state index in [1.54, 1.807) is 0 Å². The maximum absolute atomic E-state index is 12.3. The molecule has 1 aromatic heterocycles. The standard InChI is InChI=1S/C13H20N2O2/c1-8(2)12-11(14-7-17-12)13(16)15-5-9(3)10(4)6-15/h7-10H,5-6H2,1-4H3/t9-,10-/m0/s1. The zero-order chi connectivity index (χ0) is 12.6. The summed E-state index contributed by atoms with van der Waals surface area (Å²) in [5, 5.41) is 0. The van der Waals surface area contributed by atoms with E-state index < -0.39 is 0 Å². The Bertz CT molecular complexity index is 401. The first kappa shape index (κ1) is 12.1. The van der Waals surface area contributed by atoms with Crippen LogP contribution >= 0.6 is 0 Å². The van der Waals surface area contributed by atoms with E-state index in [-0.39, 0.29) is 11.8 Å². The van der Waals surface area contributed by atoms with E-state index >= 15 is 0 Å². The van der Waals surface area contributed by atoms with Crippen molar-refractivity contribution < 1.29 is 9.21 Å². The first-order valence-electron chi connectivity index (χ1n) is 6.23. The smallest absolute Gasteiger partial charge is 0.276 e. The van der Waals surface area contributed by atoms with Gasteiger partial charge in [0.25, 0.3) is 5.91 Å². The van der Waals surface area contributed by atoms with Gasteiger partial charge in [-0.1, -0.05) is 27.7 Å². The number of carbonyl (C=O) groups excluding carboxylic acids is 1. The zero-order valence-electron chi connectivity index (χ0n) is 10.9. The second kappa shape index (κ2) is 4.51. The molecule has 0 radical (unpaired) electrons. The Hall–Kier alpha value is -1.32. The van der Waals surface area contributed by atoms with Crippen LogP contribution in [0.5, 0.6) is 0 Å². The van der Waals surface area contributed by atoms with Gasteiger partial charge in [-0.3, -0.25) is 4.79 Å². The number of aromatic nitrogens is 1. The Morgan fingerprint density at radius 2 is 2.00 bits per heavy atom. The van der Waals surface area contributed by atoms with Crippen LogP contribution in [-0.2, 0) is 0 Å². The molecule has 1 fully saturated rings. The third kappa shape index (κ3) is 2.21. The van der Waals surface area contributed by atoms with E-state index in [0.717, 1.165) is 13.1 Å². The van der Waals surface area contributed by atoms with E-state index in [1.165, 1.54) is 6.39 Å². The minimum atomic E-state index is 0.0126. The molecule has 0 aliphatic carbocycles. The predicted octanol–water partition coefficient (Wildman–Crippen LogP) is 2.53. The number of likely N-dealkylation sites (tertiary alicyclic amines) is 1. The Balaban J connectivity index is 2.18. The molecule has 1 aromatic rings. The highest BCUT2D eigenvalue weighted by molar-refractivity contribution is 5.93. The highest BCUT2D eigenvalue weighted by atomic mass is 16.3. The highest BCUT2D eigenvalue weighted by Gasteiger charge is 2.32. The SMILES string of the molecule is CC(C)c1ocnc1C(=O)N1C[C@H](C)[C@@H](C)C1. The van der Waals surface area contributed by atoms with Crippen LogP contribution in [-0.4, -0.2) is 28.9 Å². The molecular weight excluding hydrogens is 216 g/mol. The van der Waals surface area contributed by atoms with Crippen LogP contribution in [0.1, 0.15) is 49.9 Å². The molecule has 17 heavy (non-hydrogen) atoms. The fourth-order valence-corrected chi connectivity index (χ4v) is 2.27. The maximum atomic E-state index is 12.3. The van der Waals surface area contributed by atoms with Crippen LogP contribution in [0.3, 0.4) is 0 Å². The van der Waals surface area contributed by atoms with Crippen molar-refractivity contribution >= 4 is 5.91 Å². The fourth-order valence-electron chi connectivity index (χ4n) is 2.27. The molecule has 1 amide bonds. The Morgan fingerprint density at radius 1 is 1.41 bits per heavy atom. The lowest BCUT2D eigenvalue weighted by molar-refractivity contribution is 0.0777. The summed E-state index contributed by atoms with van der Waals surface area (Å²) in [6, 6.07) is 0. The van der Waals surface area contributed by atoms with E-state index in [0.29, 0.717) is 23.3 Å². The summed E-state index contributed by atoms with van der Waals surface area (Å²) in [6.07, 6.45) is 1.37. The molecule has 2 rings (SSSR count). The van der Waals surface area contributed by atoms with Crippen molar-refractivity contribution in [2.75, 3.05) is 13.1 Å². The number of nitrogens with zero attached hydrogens (tertiary/aromatic N) is 2. The minimum absolute atomic E-state index is 0.0126. The average molecular weight is 236 g/mol. The van der Waals surface area contributed by atoms with Crippen LogP contribution in [0, 0.1) is 11.8 Å². The van der Waals surface area contributed by atoms with E-state index in [2.05, 4.69) is 18.8 Å². The van der Waals surface area contributed by atoms with Crippen LogP contribution in [0.25, 0.3) is 0 Å². The lowest BCUT2D eigenvalue weighted by Crippen LogP contribution is -2.30. The largest absolute Gasteiger partial charge is 0.447 e. The monoisotopic (exact) mass is 236 g/mol. The molecule has 0 spiro atoms. The number of hydrogen-bond donors (Lipinski definition) is 0. The van der Waals surface area contributed by atoms with Gasteiger partial charge < -0.3 is 9.32 Å². The number of amides is 1. The zero-order valence-corrected chi connectivity index (χ0v) is 10.9. The average Bonchev–Trinajstić information content (AvgIpc) is 2.85. The van der Waals surface area contributed by atoms with Crippen LogP contribution in [0.2, 0.25) is 0 Å². The molecule has 94 valence electrons. The third-order valence-electron chi connectivity index (χ3n) is 3.60. The maximum Gasteiger partial charge on any atom is 0.276 e. The van der Waals surface area contributed by atoms with E-state index in [1.807, 2.05) is 18.7 Å². The molecular formula is C13H20N2O2. The molecule has 2 atom stereocenters. The quantitative estimate of drug-likeness (QED) is 0.792. The lowest BCUT2D eigenvalue weighted by atomic mass is 10.0. The van der Waals surface area contributed by atoms with Gasteiger partial charge in [-0.2, -0.15) is 0 Å². The van der Waals surface area contributed by atoms with E-state index in [9.17, 15) is 4.79 Å². The van der Waals surface area contributed by atoms with Gasteiger partial charge in [0.2, 0.25) is 0 Å². The number of oxazole rings is 1. The van der Waals surface area contributed by atoms with Crippen molar-refractivity contribution in [3.05, 3.63) is 17.8 Å². The number of hydrogen-bond acceptors (Lipinski definition) is 3. The van der Waals surface area contributed by atoms with Crippen LogP contribution < -0.4 is 0 Å². The third-order valence-corrected chi connectivity index (χ3v) is 3.60. The number of carbonyl (C=O) groups is 1. The van der Waals surface area contributed by atoms with Crippen molar-refractivity contribution in [1.82, 2.24) is 9.88 Å². The van der Waals surface area contributed by atoms with Crippen LogP contribution in [0.4, 0.5) is 0 Å². The molecule has 4 nitrogen and oxygen atoms in total. The summed E-state index contributed by atoms with van der Waals surface area (Å²) in [5.74, 6) is 2.02. The van der Waals surface area contributed by atoms with Crippen LogP contribution in [0.15, 0.2) is 10.8 Å². The summed E-state index contributed by atoms with van der Waals surface area (Å²) in [6.45, 7) is 10.0. The molecule has 0 aromatic carbocycles. The van der Waals surface area contributed by atoms with Gasteiger partial charge in [0.05, 0.1) is 0 Å². The molecule has 1 aliphatic rings. The second-order valence-electron chi connectivity index (χ2n) is 5.38. The first-order chi connectivity index (χ1) is 8.00. The minimum Gasteiger partial charge on any atom is -0.447 e. The molecule has 1 aliphatic heterocycles. The van der Waals surface area contributed by atoms with Gasteiger partial charge in [-0.25, -0.2) is 4.98 Å². The molecule has 0 bridgehead atoms. The van der Waals surface area contributed by atoms with Crippen molar-refractivity contribution in [3.8, 4) is 0 Å². The summed E-state index contributed by atoms with van der Waals surface area (Å²) in [4.78, 5) is 18.3. The second-order valence-corrected chi connectivity index (χ2v) is 5.38. The van der Waals surface area contributed by atoms with Gasteiger partial charge in [0.15, 0.2) is 12.1 Å². The highest BCUT2D eigenvalue weighted by Crippen LogP contribution is 2.26. The van der Waals surface area contributed by atoms with Gasteiger partial charge in [0.1, 0.15) is 5.76 Å². The Labute approximate surface area is 102 Å². The van der Waals surface area contributed by atoms with Gasteiger partial charge in [-0.15, -0.1) is 0 Å². The van der Waals surface area contributed by atoms with Crippen molar-refractivity contribution in [2.24, 2.45) is 11.8 Å². The normalized spacial score (nSPS) is 24.6. The molecule has 1 saturated heterocycles. The van der Waals surface area contributed by atoms with Gasteiger partial charge in [-0.05, 0) is 11.8 Å². The van der Waals surface area contributed by atoms with E-state index in [4.69, 9.17) is 4.42 Å². The molecule has 2 heterocycles. The first-order valence-corrected chi connectivity index (χ1v) is 6.23. The topological polar surface area (TPSA) is 46.3 Å². The Morgan fingerprint density at radius 3 is 2.53 bits per heavy atom. The summed E-state index contributed by atoms with van der Waals surface area (Å²) < 4.78 is 5.30.